The van der Waals surface area contributed by atoms with E-state index in [1.54, 1.807) is 23.7 Å². The summed E-state index contributed by atoms with van der Waals surface area (Å²) >= 11 is 1.63. The molecule has 0 aliphatic carbocycles. The van der Waals surface area contributed by atoms with Crippen LogP contribution in [-0.4, -0.2) is 9.97 Å². The molecule has 0 aliphatic heterocycles. The van der Waals surface area contributed by atoms with E-state index in [2.05, 4.69) is 22.3 Å². The monoisotopic (exact) mass is 200 g/mol. The predicted octanol–water partition coefficient (Wildman–Crippen LogP) is 3.00. The highest BCUT2D eigenvalue weighted by molar-refractivity contribution is 7.16. The Kier molecular flexibility index (Phi) is 2.54. The Hall–Kier alpha value is -1.70. The van der Waals surface area contributed by atoms with E-state index in [0.717, 1.165) is 15.6 Å². The minimum atomic E-state index is 0.765. The summed E-state index contributed by atoms with van der Waals surface area (Å²) in [6.45, 7) is 3.53. The van der Waals surface area contributed by atoms with E-state index in [9.17, 15) is 0 Å². The fourth-order valence-corrected chi connectivity index (χ4v) is 1.94. The molecule has 3 heteroatoms. The molecule has 0 unspecified atom stereocenters. The van der Waals surface area contributed by atoms with E-state index in [4.69, 9.17) is 0 Å². The first-order valence-electron chi connectivity index (χ1n) is 4.13. The smallest absolute Gasteiger partial charge is 0.169 e. The van der Waals surface area contributed by atoms with E-state index in [-0.39, 0.29) is 0 Å². The Bertz CT molecular complexity index is 467. The van der Waals surface area contributed by atoms with E-state index in [1.807, 2.05) is 24.3 Å². The number of hydrogen-bond donors (Lipinski definition) is 0. The molecule has 2 aromatic rings. The van der Waals surface area contributed by atoms with Gasteiger partial charge in [-0.2, -0.15) is 0 Å². The van der Waals surface area contributed by atoms with E-state index < -0.39 is 0 Å². The first kappa shape index (κ1) is 8.88. The lowest BCUT2D eigenvalue weighted by Crippen LogP contribution is -1.81. The predicted molar refractivity (Wildman–Crippen MR) is 58.9 cm³/mol. The second kappa shape index (κ2) is 4.01. The number of nitrogens with zero attached hydrogens (tertiary/aromatic N) is 2. The van der Waals surface area contributed by atoms with Crippen molar-refractivity contribution >= 4 is 17.4 Å². The molecule has 2 heterocycles. The molecule has 0 fully saturated rings. The molecule has 0 atom stereocenters. The zero-order valence-electron chi connectivity index (χ0n) is 7.47. The van der Waals surface area contributed by atoms with Gasteiger partial charge in [0.15, 0.2) is 5.82 Å². The molecular formula is C11H8N2S. The number of hydrogen-bond acceptors (Lipinski definition) is 3. The Morgan fingerprint density at radius 2 is 2.07 bits per heavy atom. The van der Waals surface area contributed by atoms with Crippen LogP contribution in [0.25, 0.3) is 16.8 Å². The van der Waals surface area contributed by atoms with Gasteiger partial charge in [0.2, 0.25) is 0 Å². The molecule has 0 spiro atoms. The van der Waals surface area contributed by atoms with Crippen molar-refractivity contribution in [3.63, 3.8) is 0 Å². The summed E-state index contributed by atoms with van der Waals surface area (Å²) in [5.41, 5.74) is 2.74. The zero-order chi connectivity index (χ0) is 9.80. The third-order valence-corrected chi connectivity index (χ3v) is 2.69. The quantitative estimate of drug-likeness (QED) is 0.696. The number of rotatable bonds is 2. The van der Waals surface area contributed by atoms with Crippen LogP contribution in [0.2, 0.25) is 0 Å². The maximum absolute atomic E-state index is 4.17. The number of thiophene rings is 1. The summed E-state index contributed by atoms with van der Waals surface area (Å²) in [6.07, 6.45) is 5.33. The van der Waals surface area contributed by atoms with Crippen molar-refractivity contribution in [3.05, 3.63) is 47.8 Å². The van der Waals surface area contributed by atoms with Crippen molar-refractivity contribution in [2.24, 2.45) is 0 Å². The van der Waals surface area contributed by atoms with Crippen molar-refractivity contribution in [3.8, 4) is 10.7 Å². The summed E-state index contributed by atoms with van der Waals surface area (Å²) in [6, 6.07) is 5.82. The summed E-state index contributed by atoms with van der Waals surface area (Å²) in [4.78, 5) is 10.5. The zero-order valence-corrected chi connectivity index (χ0v) is 8.29. The molecule has 2 rings (SSSR count). The Morgan fingerprint density at radius 1 is 1.29 bits per heavy atom. The lowest BCUT2D eigenvalue weighted by molar-refractivity contribution is 1.19. The molecule has 0 bridgehead atoms. The first-order chi connectivity index (χ1) is 6.90. The molecule has 0 saturated carbocycles. The van der Waals surface area contributed by atoms with Crippen LogP contribution in [0.3, 0.4) is 0 Å². The fraction of sp³-hybridized carbons (Fsp3) is 0. The molecule has 0 aliphatic rings. The van der Waals surface area contributed by atoms with Gasteiger partial charge in [0.05, 0.1) is 4.88 Å². The van der Waals surface area contributed by atoms with Gasteiger partial charge in [-0.25, -0.2) is 9.97 Å². The van der Waals surface area contributed by atoms with Crippen molar-refractivity contribution in [1.29, 1.82) is 0 Å². The summed E-state index contributed by atoms with van der Waals surface area (Å²) < 4.78 is 0. The Morgan fingerprint density at radius 3 is 2.79 bits per heavy atom. The standard InChI is InChI=1S/C11H8N2S/c1-2-4-9-5-6-10(14-9)11-12-7-3-8-13-11/h3-8H,1H2. The molecule has 0 saturated heterocycles. The van der Waals surface area contributed by atoms with Crippen molar-refractivity contribution in [1.82, 2.24) is 9.97 Å². The fourth-order valence-electron chi connectivity index (χ4n) is 1.08. The highest BCUT2D eigenvalue weighted by atomic mass is 32.1. The lowest BCUT2D eigenvalue weighted by Gasteiger charge is -1.91. The maximum atomic E-state index is 4.17. The van der Waals surface area contributed by atoms with E-state index >= 15 is 0 Å². The highest BCUT2D eigenvalue weighted by Gasteiger charge is 2.02. The van der Waals surface area contributed by atoms with Crippen LogP contribution in [0, 0.1) is 0 Å². The van der Waals surface area contributed by atoms with Crippen LogP contribution in [0.1, 0.15) is 4.88 Å². The first-order valence-corrected chi connectivity index (χ1v) is 4.95. The van der Waals surface area contributed by atoms with Gasteiger partial charge < -0.3 is 0 Å². The summed E-state index contributed by atoms with van der Waals surface area (Å²) in [5, 5.41) is 0. The summed E-state index contributed by atoms with van der Waals surface area (Å²) in [7, 11) is 0. The van der Waals surface area contributed by atoms with Gasteiger partial charge in [-0.1, -0.05) is 6.58 Å². The van der Waals surface area contributed by atoms with Gasteiger partial charge in [0, 0.05) is 17.3 Å². The third-order valence-electron chi connectivity index (χ3n) is 1.66. The number of aromatic nitrogens is 2. The molecule has 0 aromatic carbocycles. The van der Waals surface area contributed by atoms with E-state index in [1.165, 1.54) is 0 Å². The van der Waals surface area contributed by atoms with Crippen molar-refractivity contribution in [2.45, 2.75) is 0 Å². The summed E-state index contributed by atoms with van der Waals surface area (Å²) in [5.74, 6) is 0.765. The molecular weight excluding hydrogens is 192 g/mol. The lowest BCUT2D eigenvalue weighted by atomic mass is 10.4. The van der Waals surface area contributed by atoms with Crippen LogP contribution in [-0.2, 0) is 0 Å². The maximum Gasteiger partial charge on any atom is 0.169 e. The second-order valence-electron chi connectivity index (χ2n) is 2.62. The topological polar surface area (TPSA) is 25.8 Å². The van der Waals surface area contributed by atoms with Crippen molar-refractivity contribution < 1.29 is 0 Å². The largest absolute Gasteiger partial charge is 0.236 e. The second-order valence-corrected chi connectivity index (χ2v) is 3.74. The van der Waals surface area contributed by atoms with Gasteiger partial charge in [-0.3, -0.25) is 0 Å². The highest BCUT2D eigenvalue weighted by Crippen LogP contribution is 2.25. The minimum absolute atomic E-state index is 0.765. The van der Waals surface area contributed by atoms with Crippen LogP contribution >= 0.6 is 11.3 Å². The molecule has 2 nitrogen and oxygen atoms in total. The van der Waals surface area contributed by atoms with Crippen LogP contribution in [0.5, 0.6) is 0 Å². The van der Waals surface area contributed by atoms with Gasteiger partial charge in [-0.15, -0.1) is 17.1 Å². The molecule has 0 radical (unpaired) electrons. The molecule has 68 valence electrons. The molecule has 0 amide bonds. The van der Waals surface area contributed by atoms with Gasteiger partial charge in [0.25, 0.3) is 0 Å². The SMILES string of the molecule is C=C=Cc1ccc(-c2ncccn2)s1. The average Bonchev–Trinajstić information content (AvgIpc) is 2.68. The Labute approximate surface area is 86.3 Å². The molecule has 2 aromatic heterocycles. The molecule has 0 N–H and O–H groups in total. The normalized spacial score (nSPS) is 9.43. The van der Waals surface area contributed by atoms with Crippen LogP contribution in [0.15, 0.2) is 42.9 Å². The minimum Gasteiger partial charge on any atom is -0.236 e. The van der Waals surface area contributed by atoms with Gasteiger partial charge in [0.1, 0.15) is 0 Å². The van der Waals surface area contributed by atoms with Crippen molar-refractivity contribution in [2.75, 3.05) is 0 Å². The average molecular weight is 200 g/mol. The van der Waals surface area contributed by atoms with Gasteiger partial charge in [-0.05, 0) is 24.3 Å². The third kappa shape index (κ3) is 1.79. The van der Waals surface area contributed by atoms with Crippen LogP contribution < -0.4 is 0 Å². The Balaban J connectivity index is 2.39. The van der Waals surface area contributed by atoms with Gasteiger partial charge >= 0.3 is 0 Å². The van der Waals surface area contributed by atoms with E-state index in [0.29, 0.717) is 0 Å². The molecule has 14 heavy (non-hydrogen) atoms. The van der Waals surface area contributed by atoms with Crippen LogP contribution in [0.4, 0.5) is 0 Å².